The third-order valence-corrected chi connectivity index (χ3v) is 5.79. The molecule has 132 valence electrons. The molecule has 0 atom stereocenters. The van der Waals surface area contributed by atoms with Crippen molar-refractivity contribution in [3.05, 3.63) is 57.4 Å². The highest BCUT2D eigenvalue weighted by Gasteiger charge is 2.08. The molecule has 0 saturated heterocycles. The SMILES string of the molecule is CNC(=O)c1ccc(NCC#Cc2cc3cccc(Br)c3s2)c(OC)c1. The molecule has 0 aliphatic rings. The van der Waals surface area contributed by atoms with E-state index in [0.29, 0.717) is 17.9 Å². The largest absolute Gasteiger partial charge is 0.495 e. The molecule has 0 spiro atoms. The van der Waals surface area contributed by atoms with Crippen molar-refractivity contribution in [3.8, 4) is 17.6 Å². The molecule has 1 amide bonds. The minimum atomic E-state index is -0.148. The van der Waals surface area contributed by atoms with Crippen LogP contribution in [0, 0.1) is 11.8 Å². The average molecular weight is 429 g/mol. The molecule has 0 aliphatic heterocycles. The quantitative estimate of drug-likeness (QED) is 0.601. The average Bonchev–Trinajstić information content (AvgIpc) is 3.09. The second-order valence-electron chi connectivity index (χ2n) is 5.42. The first-order valence-electron chi connectivity index (χ1n) is 7.93. The molecule has 2 aromatic carbocycles. The lowest BCUT2D eigenvalue weighted by atomic mass is 10.1. The molecule has 26 heavy (non-hydrogen) atoms. The number of methoxy groups -OCH3 is 1. The molecule has 1 aromatic heterocycles. The maximum atomic E-state index is 11.7. The normalized spacial score (nSPS) is 10.1. The van der Waals surface area contributed by atoms with E-state index in [1.807, 2.05) is 18.2 Å². The van der Waals surface area contributed by atoms with Gasteiger partial charge in [0, 0.05) is 21.8 Å². The molecule has 0 radical (unpaired) electrons. The van der Waals surface area contributed by atoms with Crippen LogP contribution in [0.25, 0.3) is 10.1 Å². The number of thiophene rings is 1. The van der Waals surface area contributed by atoms with Crippen LogP contribution in [-0.4, -0.2) is 26.6 Å². The fourth-order valence-corrected chi connectivity index (χ4v) is 4.05. The Kier molecular flexibility index (Phi) is 5.82. The number of fused-ring (bicyclic) bond motifs is 1. The van der Waals surface area contributed by atoms with Crippen LogP contribution in [-0.2, 0) is 0 Å². The lowest BCUT2D eigenvalue weighted by molar-refractivity contribution is 0.0963. The smallest absolute Gasteiger partial charge is 0.251 e. The van der Waals surface area contributed by atoms with Crippen LogP contribution in [0.3, 0.4) is 0 Å². The van der Waals surface area contributed by atoms with Crippen LogP contribution in [0.1, 0.15) is 15.2 Å². The Hall–Kier alpha value is -2.49. The zero-order valence-electron chi connectivity index (χ0n) is 14.4. The molecular weight excluding hydrogens is 412 g/mol. The van der Waals surface area contributed by atoms with Gasteiger partial charge in [0.2, 0.25) is 0 Å². The minimum absolute atomic E-state index is 0.148. The van der Waals surface area contributed by atoms with Crippen molar-refractivity contribution in [1.29, 1.82) is 0 Å². The van der Waals surface area contributed by atoms with Gasteiger partial charge in [-0.05, 0) is 51.6 Å². The Morgan fingerprint density at radius 3 is 2.85 bits per heavy atom. The monoisotopic (exact) mass is 428 g/mol. The number of carbonyl (C=O) groups is 1. The Balaban J connectivity index is 1.70. The lowest BCUT2D eigenvalue weighted by Crippen LogP contribution is -2.17. The van der Waals surface area contributed by atoms with Crippen LogP contribution in [0.15, 0.2) is 46.9 Å². The number of ether oxygens (including phenoxy) is 1. The first kappa shape index (κ1) is 18.3. The van der Waals surface area contributed by atoms with Crippen molar-refractivity contribution in [1.82, 2.24) is 5.32 Å². The van der Waals surface area contributed by atoms with Gasteiger partial charge in [0.15, 0.2) is 0 Å². The predicted molar refractivity (Wildman–Crippen MR) is 111 cm³/mol. The van der Waals surface area contributed by atoms with Crippen molar-refractivity contribution in [3.63, 3.8) is 0 Å². The summed E-state index contributed by atoms with van der Waals surface area (Å²) >= 11 is 5.24. The molecule has 0 bridgehead atoms. The first-order valence-corrected chi connectivity index (χ1v) is 9.54. The Labute approximate surface area is 164 Å². The van der Waals surface area contributed by atoms with Crippen LogP contribution in [0.2, 0.25) is 0 Å². The van der Waals surface area contributed by atoms with Crippen LogP contribution < -0.4 is 15.4 Å². The van der Waals surface area contributed by atoms with Gasteiger partial charge in [-0.3, -0.25) is 4.79 Å². The van der Waals surface area contributed by atoms with E-state index >= 15 is 0 Å². The Morgan fingerprint density at radius 1 is 1.27 bits per heavy atom. The molecule has 6 heteroatoms. The van der Waals surface area contributed by atoms with Gasteiger partial charge in [-0.15, -0.1) is 11.3 Å². The van der Waals surface area contributed by atoms with Gasteiger partial charge in [0.25, 0.3) is 5.91 Å². The zero-order chi connectivity index (χ0) is 18.5. The van der Waals surface area contributed by atoms with Crippen LogP contribution >= 0.6 is 27.3 Å². The maximum Gasteiger partial charge on any atom is 0.251 e. The number of benzene rings is 2. The van der Waals surface area contributed by atoms with E-state index in [4.69, 9.17) is 4.74 Å². The van der Waals surface area contributed by atoms with E-state index in [-0.39, 0.29) is 5.91 Å². The molecule has 0 unspecified atom stereocenters. The fourth-order valence-electron chi connectivity index (χ4n) is 2.48. The number of hydrogen-bond donors (Lipinski definition) is 2. The number of amides is 1. The van der Waals surface area contributed by atoms with Gasteiger partial charge in [-0.1, -0.05) is 24.0 Å². The Morgan fingerprint density at radius 2 is 2.12 bits per heavy atom. The molecule has 3 rings (SSSR count). The standard InChI is InChI=1S/C20H17BrN2O2S/c1-22-20(24)14-8-9-17(18(12-14)25-2)23-10-4-6-15-11-13-5-3-7-16(21)19(13)26-15/h3,5,7-9,11-12,23H,10H2,1-2H3,(H,22,24). The van der Waals surface area contributed by atoms with E-state index in [1.165, 1.54) is 10.1 Å². The third-order valence-electron chi connectivity index (χ3n) is 3.77. The van der Waals surface area contributed by atoms with Crippen molar-refractivity contribution < 1.29 is 9.53 Å². The van der Waals surface area contributed by atoms with Crippen molar-refractivity contribution in [2.24, 2.45) is 0 Å². The maximum absolute atomic E-state index is 11.7. The van der Waals surface area contributed by atoms with Crippen molar-refractivity contribution >= 4 is 48.9 Å². The van der Waals surface area contributed by atoms with Gasteiger partial charge in [-0.2, -0.15) is 0 Å². The van der Waals surface area contributed by atoms with Gasteiger partial charge in [0.1, 0.15) is 5.75 Å². The molecule has 3 aromatic rings. The number of carbonyl (C=O) groups excluding carboxylic acids is 1. The second-order valence-corrected chi connectivity index (χ2v) is 7.32. The zero-order valence-corrected chi connectivity index (χ0v) is 16.8. The van der Waals surface area contributed by atoms with E-state index in [9.17, 15) is 4.79 Å². The second kappa shape index (κ2) is 8.26. The molecule has 0 fully saturated rings. The first-order chi connectivity index (χ1) is 12.6. The van der Waals surface area contributed by atoms with Crippen molar-refractivity contribution in [2.45, 2.75) is 0 Å². The summed E-state index contributed by atoms with van der Waals surface area (Å²) in [5.41, 5.74) is 1.35. The third kappa shape index (κ3) is 4.01. The highest BCUT2D eigenvalue weighted by molar-refractivity contribution is 9.10. The number of halogens is 1. The number of rotatable bonds is 4. The molecule has 0 saturated carbocycles. The summed E-state index contributed by atoms with van der Waals surface area (Å²) in [4.78, 5) is 12.7. The van der Waals surface area contributed by atoms with Crippen molar-refractivity contribution in [2.75, 3.05) is 26.0 Å². The highest BCUT2D eigenvalue weighted by Crippen LogP contribution is 2.31. The van der Waals surface area contributed by atoms with Crippen LogP contribution in [0.4, 0.5) is 5.69 Å². The Bertz CT molecular complexity index is 1020. The molecular formula is C20H17BrN2O2S. The molecule has 4 nitrogen and oxygen atoms in total. The van der Waals surface area contributed by atoms with Gasteiger partial charge in [-0.25, -0.2) is 0 Å². The minimum Gasteiger partial charge on any atom is -0.495 e. The topological polar surface area (TPSA) is 50.4 Å². The van der Waals surface area contributed by atoms with Gasteiger partial charge >= 0.3 is 0 Å². The molecule has 1 heterocycles. The summed E-state index contributed by atoms with van der Waals surface area (Å²) in [7, 11) is 3.18. The molecule has 0 aliphatic carbocycles. The van der Waals surface area contributed by atoms with Crippen LogP contribution in [0.5, 0.6) is 5.75 Å². The molecule has 2 N–H and O–H groups in total. The lowest BCUT2D eigenvalue weighted by Gasteiger charge is -2.10. The van der Waals surface area contributed by atoms with E-state index in [0.717, 1.165) is 15.0 Å². The number of anilines is 1. The fraction of sp³-hybridized carbons (Fsp3) is 0.150. The number of nitrogens with one attached hydrogen (secondary N) is 2. The van der Waals surface area contributed by atoms with E-state index in [2.05, 4.69) is 50.5 Å². The summed E-state index contributed by atoms with van der Waals surface area (Å²) in [6, 6.07) is 13.5. The predicted octanol–water partition coefficient (Wildman–Crippen LogP) is 4.50. The summed E-state index contributed by atoms with van der Waals surface area (Å²) in [5, 5.41) is 7.01. The van der Waals surface area contributed by atoms with Gasteiger partial charge in [0.05, 0.1) is 24.2 Å². The summed E-state index contributed by atoms with van der Waals surface area (Å²) in [6.07, 6.45) is 0. The van der Waals surface area contributed by atoms with E-state index < -0.39 is 0 Å². The highest BCUT2D eigenvalue weighted by atomic mass is 79.9. The number of hydrogen-bond acceptors (Lipinski definition) is 4. The summed E-state index contributed by atoms with van der Waals surface area (Å²) in [5.74, 6) is 6.78. The van der Waals surface area contributed by atoms with Gasteiger partial charge < -0.3 is 15.4 Å². The summed E-state index contributed by atoms with van der Waals surface area (Å²) in [6.45, 7) is 0.477. The van der Waals surface area contributed by atoms with E-state index in [1.54, 1.807) is 37.6 Å². The summed E-state index contributed by atoms with van der Waals surface area (Å²) < 4.78 is 7.65.